The van der Waals surface area contributed by atoms with Gasteiger partial charge in [-0.15, -0.1) is 0 Å². The lowest BCUT2D eigenvalue weighted by Crippen LogP contribution is -2.37. The maximum atomic E-state index is 11.8. The Hall–Kier alpha value is -2.70. The number of carbonyl (C=O) groups excluding carboxylic acids is 1. The van der Waals surface area contributed by atoms with E-state index in [1.807, 2.05) is 19.9 Å². The van der Waals surface area contributed by atoms with Gasteiger partial charge in [0.2, 0.25) is 11.9 Å². The zero-order valence-corrected chi connectivity index (χ0v) is 15.9. The van der Waals surface area contributed by atoms with Crippen LogP contribution in [0.2, 0.25) is 0 Å². The van der Waals surface area contributed by atoms with Crippen molar-refractivity contribution in [1.29, 1.82) is 0 Å². The van der Waals surface area contributed by atoms with E-state index in [-0.39, 0.29) is 12.6 Å². The predicted octanol–water partition coefficient (Wildman–Crippen LogP) is 3.52. The van der Waals surface area contributed by atoms with E-state index in [2.05, 4.69) is 50.7 Å². The van der Waals surface area contributed by atoms with Crippen molar-refractivity contribution in [2.45, 2.75) is 40.5 Å². The molecule has 0 aliphatic heterocycles. The Morgan fingerprint density at radius 3 is 2.69 bits per heavy atom. The molecule has 7 nitrogen and oxygen atoms in total. The maximum Gasteiger partial charge on any atom is 0.413 e. The van der Waals surface area contributed by atoms with E-state index in [1.165, 1.54) is 5.57 Å². The lowest BCUT2D eigenvalue weighted by atomic mass is 9.97. The van der Waals surface area contributed by atoms with Gasteiger partial charge in [0, 0.05) is 17.9 Å². The molecule has 0 saturated carbocycles. The highest BCUT2D eigenvalue weighted by molar-refractivity contribution is 6.01. The second-order valence-electron chi connectivity index (χ2n) is 6.28. The lowest BCUT2D eigenvalue weighted by molar-refractivity contribution is 0.158. The fourth-order valence-corrected chi connectivity index (χ4v) is 2.52. The van der Waals surface area contributed by atoms with Gasteiger partial charge in [-0.3, -0.25) is 15.6 Å². The van der Waals surface area contributed by atoms with E-state index in [1.54, 1.807) is 6.92 Å². The van der Waals surface area contributed by atoms with Gasteiger partial charge in [0.15, 0.2) is 0 Å². The zero-order valence-electron chi connectivity index (χ0n) is 15.9. The molecule has 1 aromatic rings. The lowest BCUT2D eigenvalue weighted by Gasteiger charge is -2.13. The van der Waals surface area contributed by atoms with Gasteiger partial charge in [-0.2, -0.15) is 0 Å². The Morgan fingerprint density at radius 1 is 1.35 bits per heavy atom. The number of nitrogens with one attached hydrogen (secondary N) is 2. The Labute approximate surface area is 154 Å². The molecule has 140 valence electrons. The summed E-state index contributed by atoms with van der Waals surface area (Å²) in [6.45, 7) is 8.53. The van der Waals surface area contributed by atoms with Gasteiger partial charge in [-0.05, 0) is 45.6 Å². The third kappa shape index (κ3) is 6.66. The summed E-state index contributed by atoms with van der Waals surface area (Å²) in [5.41, 5.74) is 2.93. The SMILES string of the molecule is CCOC(=O)NC(=NCCC1=CCC(C)C=C1)Nc1nc(C)cc(C)n1. The Balaban J connectivity index is 2.04. The highest BCUT2D eigenvalue weighted by Crippen LogP contribution is 2.17. The number of alkyl carbamates (subject to hydrolysis) is 1. The Kier molecular flexibility index (Phi) is 7.32. The van der Waals surface area contributed by atoms with Crippen LogP contribution >= 0.6 is 0 Å². The van der Waals surface area contributed by atoms with Crippen LogP contribution in [0.15, 0.2) is 34.9 Å². The first-order valence-corrected chi connectivity index (χ1v) is 8.91. The molecular formula is C19H27N5O2. The molecule has 2 rings (SSSR count). The van der Waals surface area contributed by atoms with Crippen molar-refractivity contribution < 1.29 is 9.53 Å². The van der Waals surface area contributed by atoms with Crippen molar-refractivity contribution in [2.75, 3.05) is 18.5 Å². The van der Waals surface area contributed by atoms with E-state index in [0.717, 1.165) is 24.2 Å². The van der Waals surface area contributed by atoms with E-state index in [9.17, 15) is 4.79 Å². The molecule has 1 aliphatic carbocycles. The first-order chi connectivity index (χ1) is 12.5. The average Bonchev–Trinajstić information content (AvgIpc) is 2.56. The van der Waals surface area contributed by atoms with Gasteiger partial charge in [0.1, 0.15) is 0 Å². The van der Waals surface area contributed by atoms with Crippen LogP contribution in [0.1, 0.15) is 38.1 Å². The van der Waals surface area contributed by atoms with Gasteiger partial charge in [0.05, 0.1) is 6.61 Å². The van der Waals surface area contributed by atoms with Crippen molar-refractivity contribution in [3.05, 3.63) is 41.3 Å². The molecule has 0 saturated heterocycles. The number of aliphatic imine (C=N–C) groups is 1. The van der Waals surface area contributed by atoms with E-state index >= 15 is 0 Å². The van der Waals surface area contributed by atoms with Crippen molar-refractivity contribution in [3.8, 4) is 0 Å². The first-order valence-electron chi connectivity index (χ1n) is 8.91. The van der Waals surface area contributed by atoms with E-state index in [0.29, 0.717) is 18.4 Å². The van der Waals surface area contributed by atoms with Crippen LogP contribution in [0.25, 0.3) is 0 Å². The first kappa shape index (κ1) is 19.6. The van der Waals surface area contributed by atoms with Crippen molar-refractivity contribution in [1.82, 2.24) is 15.3 Å². The van der Waals surface area contributed by atoms with Crippen LogP contribution in [0.3, 0.4) is 0 Å². The number of aromatic nitrogens is 2. The second-order valence-corrected chi connectivity index (χ2v) is 6.28. The molecule has 0 bridgehead atoms. The second kappa shape index (κ2) is 9.70. The van der Waals surface area contributed by atoms with Gasteiger partial charge < -0.3 is 4.74 Å². The highest BCUT2D eigenvalue weighted by Gasteiger charge is 2.10. The smallest absolute Gasteiger partial charge is 0.413 e. The summed E-state index contributed by atoms with van der Waals surface area (Å²) in [6, 6.07) is 1.88. The minimum absolute atomic E-state index is 0.280. The summed E-state index contributed by atoms with van der Waals surface area (Å²) >= 11 is 0. The number of anilines is 1. The number of hydrogen-bond donors (Lipinski definition) is 2. The van der Waals surface area contributed by atoms with Crippen LogP contribution < -0.4 is 10.6 Å². The summed E-state index contributed by atoms with van der Waals surface area (Å²) < 4.78 is 4.93. The standard InChI is InChI=1S/C19H27N5O2/c1-5-26-19(25)24-17(23-18-21-14(3)12-15(4)22-18)20-11-10-16-8-6-13(2)7-9-16/h6,8-9,12-13H,5,7,10-11H2,1-4H3,(H2,20,21,22,23,24,25). The van der Waals surface area contributed by atoms with Gasteiger partial charge in [-0.1, -0.05) is 30.7 Å². The number of nitrogens with zero attached hydrogens (tertiary/aromatic N) is 3. The zero-order chi connectivity index (χ0) is 18.9. The molecule has 1 unspecified atom stereocenters. The monoisotopic (exact) mass is 357 g/mol. The Morgan fingerprint density at radius 2 is 2.08 bits per heavy atom. The molecule has 26 heavy (non-hydrogen) atoms. The quantitative estimate of drug-likeness (QED) is 0.622. The largest absolute Gasteiger partial charge is 0.450 e. The molecule has 1 aliphatic rings. The molecule has 2 N–H and O–H groups in total. The predicted molar refractivity (Wildman–Crippen MR) is 103 cm³/mol. The third-order valence-electron chi connectivity index (χ3n) is 3.77. The fraction of sp³-hybridized carbons (Fsp3) is 0.474. The van der Waals surface area contributed by atoms with Gasteiger partial charge in [-0.25, -0.2) is 14.8 Å². The Bertz CT molecular complexity index is 704. The number of hydrogen-bond acceptors (Lipinski definition) is 5. The summed E-state index contributed by atoms with van der Waals surface area (Å²) in [6.07, 6.45) is 7.87. The van der Waals surface area contributed by atoms with Gasteiger partial charge in [0.25, 0.3) is 0 Å². The number of amides is 1. The van der Waals surface area contributed by atoms with Crippen molar-refractivity contribution in [2.24, 2.45) is 10.9 Å². The molecule has 1 atom stereocenters. The number of allylic oxidation sites excluding steroid dienone is 3. The third-order valence-corrected chi connectivity index (χ3v) is 3.77. The van der Waals surface area contributed by atoms with E-state index < -0.39 is 6.09 Å². The molecule has 0 aromatic carbocycles. The van der Waals surface area contributed by atoms with Crippen molar-refractivity contribution in [3.63, 3.8) is 0 Å². The number of carbonyl (C=O) groups is 1. The minimum atomic E-state index is -0.561. The van der Waals surface area contributed by atoms with Crippen LogP contribution in [0.4, 0.5) is 10.7 Å². The molecule has 7 heteroatoms. The summed E-state index contributed by atoms with van der Waals surface area (Å²) in [4.78, 5) is 24.8. The summed E-state index contributed by atoms with van der Waals surface area (Å²) in [5.74, 6) is 1.26. The molecule has 0 spiro atoms. The number of aryl methyl sites for hydroxylation is 2. The average molecular weight is 357 g/mol. The van der Waals surface area contributed by atoms with E-state index in [4.69, 9.17) is 4.74 Å². The molecule has 1 amide bonds. The summed E-state index contributed by atoms with van der Waals surface area (Å²) in [5, 5.41) is 5.58. The molecule has 1 aromatic heterocycles. The normalized spacial score (nSPS) is 16.8. The fourth-order valence-electron chi connectivity index (χ4n) is 2.52. The van der Waals surface area contributed by atoms with Crippen LogP contribution in [-0.4, -0.2) is 35.2 Å². The topological polar surface area (TPSA) is 88.5 Å². The van der Waals surface area contributed by atoms with Crippen molar-refractivity contribution >= 4 is 18.0 Å². The van der Waals surface area contributed by atoms with Crippen LogP contribution in [0, 0.1) is 19.8 Å². The van der Waals surface area contributed by atoms with Gasteiger partial charge >= 0.3 is 6.09 Å². The summed E-state index contributed by atoms with van der Waals surface area (Å²) in [7, 11) is 0. The number of guanidine groups is 1. The molecule has 1 heterocycles. The van der Waals surface area contributed by atoms with Crippen LogP contribution in [-0.2, 0) is 4.74 Å². The number of rotatable bonds is 5. The molecular weight excluding hydrogens is 330 g/mol. The molecule has 0 radical (unpaired) electrons. The minimum Gasteiger partial charge on any atom is -0.450 e. The number of ether oxygens (including phenoxy) is 1. The van der Waals surface area contributed by atoms with Crippen LogP contribution in [0.5, 0.6) is 0 Å². The maximum absolute atomic E-state index is 11.8. The molecule has 0 fully saturated rings. The highest BCUT2D eigenvalue weighted by atomic mass is 16.5.